The van der Waals surface area contributed by atoms with Gasteiger partial charge in [0.25, 0.3) is 0 Å². The minimum atomic E-state index is 0.240. The third kappa shape index (κ3) is 4.10. The van der Waals surface area contributed by atoms with E-state index in [0.29, 0.717) is 12.5 Å². The molecule has 2 aromatic carbocycles. The quantitative estimate of drug-likeness (QED) is 0.591. The Hall–Kier alpha value is -2.80. The smallest absolute Gasteiger partial charge is 0.187 e. The van der Waals surface area contributed by atoms with Crippen LogP contribution in [0.25, 0.3) is 0 Å². The highest BCUT2D eigenvalue weighted by Gasteiger charge is 2.12. The zero-order valence-electron chi connectivity index (χ0n) is 13.6. The number of ether oxygens (including phenoxy) is 1. The summed E-state index contributed by atoms with van der Waals surface area (Å²) in [7, 11) is 1.43. The van der Waals surface area contributed by atoms with Crippen LogP contribution >= 0.6 is 0 Å². The van der Waals surface area contributed by atoms with Crippen LogP contribution in [0.5, 0.6) is 5.75 Å². The summed E-state index contributed by atoms with van der Waals surface area (Å²) in [5.41, 5.74) is 3.02. The Morgan fingerprint density at radius 3 is 2.52 bits per heavy atom. The van der Waals surface area contributed by atoms with Crippen LogP contribution in [0.2, 0.25) is 0 Å². The normalized spacial score (nSPS) is 11.2. The van der Waals surface area contributed by atoms with Crippen LogP contribution < -0.4 is 4.74 Å². The first-order chi connectivity index (χ1) is 11.2. The van der Waals surface area contributed by atoms with Gasteiger partial charge in [-0.3, -0.25) is 0 Å². The Bertz CT molecular complexity index is 730. The van der Waals surface area contributed by atoms with Crippen molar-refractivity contribution in [1.82, 2.24) is 0 Å². The number of rotatable bonds is 6. The lowest BCUT2D eigenvalue weighted by molar-refractivity contribution is 0.214. The molecule has 118 valence electrons. The van der Waals surface area contributed by atoms with Gasteiger partial charge in [-0.05, 0) is 23.1 Å². The molecule has 0 saturated carbocycles. The second-order valence-corrected chi connectivity index (χ2v) is 5.37. The first-order valence-electron chi connectivity index (χ1n) is 7.48. The molecule has 0 unspecified atom stereocenters. The predicted octanol–water partition coefficient (Wildman–Crippen LogP) is 4.26. The van der Waals surface area contributed by atoms with Crippen molar-refractivity contribution in [3.63, 3.8) is 0 Å². The molecule has 0 aliphatic carbocycles. The summed E-state index contributed by atoms with van der Waals surface area (Å²) in [6, 6.07) is 17.6. The van der Waals surface area contributed by atoms with E-state index in [-0.39, 0.29) is 5.71 Å². The van der Waals surface area contributed by atoms with Crippen LogP contribution in [0.1, 0.15) is 36.5 Å². The third-order valence-corrected chi connectivity index (χ3v) is 3.49. The molecule has 0 fully saturated rings. The van der Waals surface area contributed by atoms with Gasteiger partial charge in [-0.25, -0.2) is 0 Å². The van der Waals surface area contributed by atoms with Crippen molar-refractivity contribution in [2.24, 2.45) is 5.16 Å². The van der Waals surface area contributed by atoms with Gasteiger partial charge >= 0.3 is 0 Å². The van der Waals surface area contributed by atoms with Gasteiger partial charge in [0.2, 0.25) is 0 Å². The summed E-state index contributed by atoms with van der Waals surface area (Å²) >= 11 is 0. The minimum Gasteiger partial charge on any atom is -0.489 e. The van der Waals surface area contributed by atoms with E-state index in [2.05, 4.69) is 31.1 Å². The molecule has 0 amide bonds. The van der Waals surface area contributed by atoms with E-state index in [0.717, 1.165) is 22.4 Å². The number of benzene rings is 2. The first kappa shape index (κ1) is 16.6. The highest BCUT2D eigenvalue weighted by Crippen LogP contribution is 2.27. The van der Waals surface area contributed by atoms with E-state index in [1.807, 2.05) is 42.5 Å². The summed E-state index contributed by atoms with van der Waals surface area (Å²) < 4.78 is 5.99. The molecule has 23 heavy (non-hydrogen) atoms. The van der Waals surface area contributed by atoms with Crippen LogP contribution in [0.3, 0.4) is 0 Å². The van der Waals surface area contributed by atoms with Gasteiger partial charge in [-0.2, -0.15) is 5.26 Å². The standard InChI is InChI=1S/C19H20N2O2/c1-14(2)16-9-6-7-11-19(16)23-13-15-8-4-5-10-17(15)18(12-20)21-22-3/h4-11,14H,13H2,1-3H3/b21-18-. The number of nitriles is 1. The summed E-state index contributed by atoms with van der Waals surface area (Å²) in [6.07, 6.45) is 0. The van der Waals surface area contributed by atoms with Crippen molar-refractivity contribution in [1.29, 1.82) is 5.26 Å². The van der Waals surface area contributed by atoms with E-state index >= 15 is 0 Å². The maximum Gasteiger partial charge on any atom is 0.187 e. The molecule has 0 aliphatic heterocycles. The topological polar surface area (TPSA) is 54.6 Å². The molecule has 2 rings (SSSR count). The Balaban J connectivity index is 2.26. The van der Waals surface area contributed by atoms with Crippen molar-refractivity contribution >= 4 is 5.71 Å². The summed E-state index contributed by atoms with van der Waals surface area (Å²) in [5, 5.41) is 13.0. The van der Waals surface area contributed by atoms with E-state index in [1.54, 1.807) is 0 Å². The molecule has 4 nitrogen and oxygen atoms in total. The Kier molecular flexibility index (Phi) is 5.76. The van der Waals surface area contributed by atoms with E-state index in [4.69, 9.17) is 9.57 Å². The van der Waals surface area contributed by atoms with Crippen LogP contribution in [-0.4, -0.2) is 12.8 Å². The molecule has 0 aromatic heterocycles. The molecule has 4 heteroatoms. The van der Waals surface area contributed by atoms with Crippen molar-refractivity contribution in [2.75, 3.05) is 7.11 Å². The zero-order chi connectivity index (χ0) is 16.7. The maximum atomic E-state index is 9.24. The zero-order valence-corrected chi connectivity index (χ0v) is 13.6. The van der Waals surface area contributed by atoms with Crippen LogP contribution in [-0.2, 0) is 11.4 Å². The van der Waals surface area contributed by atoms with Crippen LogP contribution in [0, 0.1) is 11.3 Å². The van der Waals surface area contributed by atoms with Crippen molar-refractivity contribution in [3.8, 4) is 11.8 Å². The van der Waals surface area contributed by atoms with Crippen LogP contribution in [0.4, 0.5) is 0 Å². The Labute approximate surface area is 137 Å². The molecule has 0 N–H and O–H groups in total. The molecular weight excluding hydrogens is 288 g/mol. The van der Waals surface area contributed by atoms with E-state index < -0.39 is 0 Å². The molecule has 0 bridgehead atoms. The number of nitrogens with zero attached hydrogens (tertiary/aromatic N) is 2. The maximum absolute atomic E-state index is 9.24. The number of hydrogen-bond acceptors (Lipinski definition) is 4. The summed E-state index contributed by atoms with van der Waals surface area (Å²) in [5.74, 6) is 1.24. The van der Waals surface area contributed by atoms with Gasteiger partial charge in [0.1, 0.15) is 25.5 Å². The predicted molar refractivity (Wildman–Crippen MR) is 90.5 cm³/mol. The van der Waals surface area contributed by atoms with E-state index in [9.17, 15) is 5.26 Å². The van der Waals surface area contributed by atoms with Crippen molar-refractivity contribution in [3.05, 3.63) is 65.2 Å². The summed E-state index contributed by atoms with van der Waals surface area (Å²) in [4.78, 5) is 4.74. The molecular formula is C19H20N2O2. The van der Waals surface area contributed by atoms with Gasteiger partial charge in [0.05, 0.1) is 0 Å². The third-order valence-electron chi connectivity index (χ3n) is 3.49. The fraction of sp³-hybridized carbons (Fsp3) is 0.263. The molecule has 0 radical (unpaired) electrons. The van der Waals surface area contributed by atoms with Crippen molar-refractivity contribution in [2.45, 2.75) is 26.4 Å². The second-order valence-electron chi connectivity index (χ2n) is 5.37. The Morgan fingerprint density at radius 1 is 1.13 bits per heavy atom. The van der Waals surface area contributed by atoms with Gasteiger partial charge in [0.15, 0.2) is 5.71 Å². The van der Waals surface area contributed by atoms with Gasteiger partial charge < -0.3 is 9.57 Å². The van der Waals surface area contributed by atoms with Crippen LogP contribution in [0.15, 0.2) is 53.7 Å². The lowest BCUT2D eigenvalue weighted by Crippen LogP contribution is -2.07. The fourth-order valence-corrected chi connectivity index (χ4v) is 2.34. The first-order valence-corrected chi connectivity index (χ1v) is 7.48. The monoisotopic (exact) mass is 308 g/mol. The molecule has 0 aliphatic rings. The molecule has 0 spiro atoms. The molecule has 2 aromatic rings. The number of para-hydroxylation sites is 1. The highest BCUT2D eigenvalue weighted by molar-refractivity contribution is 6.12. The van der Waals surface area contributed by atoms with Crippen molar-refractivity contribution < 1.29 is 9.57 Å². The lowest BCUT2D eigenvalue weighted by atomic mass is 10.0. The largest absolute Gasteiger partial charge is 0.489 e. The molecule has 0 atom stereocenters. The van der Waals surface area contributed by atoms with Gasteiger partial charge in [-0.15, -0.1) is 0 Å². The second kappa shape index (κ2) is 8.00. The number of hydrogen-bond donors (Lipinski definition) is 0. The average molecular weight is 308 g/mol. The summed E-state index contributed by atoms with van der Waals surface area (Å²) in [6.45, 7) is 4.63. The minimum absolute atomic E-state index is 0.240. The lowest BCUT2D eigenvalue weighted by Gasteiger charge is -2.15. The van der Waals surface area contributed by atoms with Gasteiger partial charge in [-0.1, -0.05) is 61.5 Å². The molecule has 0 saturated heterocycles. The Morgan fingerprint density at radius 2 is 1.83 bits per heavy atom. The highest BCUT2D eigenvalue weighted by atomic mass is 16.6. The number of oxime groups is 1. The SMILES string of the molecule is CO/N=C(/C#N)c1ccccc1COc1ccccc1C(C)C. The van der Waals surface area contributed by atoms with Gasteiger partial charge in [0, 0.05) is 5.56 Å². The van der Waals surface area contributed by atoms with E-state index in [1.165, 1.54) is 7.11 Å². The average Bonchev–Trinajstić information content (AvgIpc) is 2.58. The fourth-order valence-electron chi connectivity index (χ4n) is 2.34. The molecule has 0 heterocycles.